The van der Waals surface area contributed by atoms with Gasteiger partial charge < -0.3 is 4.74 Å². The Balaban J connectivity index is 3.12. The molecule has 4 heteroatoms. The maximum absolute atomic E-state index is 11.3. The number of ether oxygens (including phenoxy) is 1. The van der Waals surface area contributed by atoms with E-state index in [0.717, 1.165) is 12.8 Å². The topological polar surface area (TPSA) is 67.2 Å². The van der Waals surface area contributed by atoms with Crippen LogP contribution >= 0.6 is 0 Å². The van der Waals surface area contributed by atoms with Gasteiger partial charge in [0.2, 0.25) is 5.91 Å². The lowest BCUT2D eigenvalue weighted by atomic mass is 10.1. The minimum absolute atomic E-state index is 0.147. The van der Waals surface area contributed by atoms with Gasteiger partial charge in [-0.2, -0.15) is 0 Å². The molecule has 0 saturated carbocycles. The van der Waals surface area contributed by atoms with Crippen LogP contribution in [0, 0.1) is 0 Å². The lowest BCUT2D eigenvalue weighted by Crippen LogP contribution is -2.07. The van der Waals surface area contributed by atoms with Gasteiger partial charge in [0.25, 0.3) is 0 Å². The first-order chi connectivity index (χ1) is 11.2. The highest BCUT2D eigenvalue weighted by atomic mass is 16.5. The average Bonchev–Trinajstić information content (AvgIpc) is 2.51. The largest absolute Gasteiger partial charge is 0.466 e. The molecule has 0 unspecified atom stereocenters. The number of esters is 1. The predicted molar refractivity (Wildman–Crippen MR) is 94.0 cm³/mol. The van der Waals surface area contributed by atoms with Crippen LogP contribution in [0.25, 0.3) is 0 Å². The van der Waals surface area contributed by atoms with Crippen LogP contribution in [0.15, 0.2) is 0 Å². The summed E-state index contributed by atoms with van der Waals surface area (Å²) >= 11 is 0. The van der Waals surface area contributed by atoms with Crippen molar-refractivity contribution in [2.45, 2.75) is 103 Å². The number of carbonyl (C=O) groups excluding carboxylic acids is 2. The molecule has 135 valence electrons. The van der Waals surface area contributed by atoms with Crippen LogP contribution in [0.2, 0.25) is 0 Å². The molecule has 0 aliphatic rings. The van der Waals surface area contributed by atoms with E-state index in [9.17, 15) is 9.59 Å². The van der Waals surface area contributed by atoms with E-state index in [1.54, 1.807) is 0 Å². The lowest BCUT2D eigenvalue weighted by molar-refractivity contribution is -0.143. The van der Waals surface area contributed by atoms with Crippen molar-refractivity contribution in [3.8, 4) is 0 Å². The number of carbonyl (C=O) groups is 2. The van der Waals surface area contributed by atoms with Crippen molar-refractivity contribution >= 4 is 11.9 Å². The maximum Gasteiger partial charge on any atom is 0.305 e. The summed E-state index contributed by atoms with van der Waals surface area (Å²) in [6.45, 7) is 2.74. The first-order valence-corrected chi connectivity index (χ1v) is 9.57. The first kappa shape index (κ1) is 21.9. The molecule has 0 bridgehead atoms. The van der Waals surface area contributed by atoms with Gasteiger partial charge >= 0.3 is 5.97 Å². The van der Waals surface area contributed by atoms with Crippen molar-refractivity contribution in [1.82, 2.24) is 5.73 Å². The Morgan fingerprint density at radius 2 is 1.17 bits per heavy atom. The molecule has 0 aromatic carbocycles. The fourth-order valence-electron chi connectivity index (χ4n) is 2.59. The first-order valence-electron chi connectivity index (χ1n) is 9.57. The Kier molecular flexibility index (Phi) is 16.5. The summed E-state index contributed by atoms with van der Waals surface area (Å²) in [6, 6.07) is 0. The summed E-state index contributed by atoms with van der Waals surface area (Å²) in [6.07, 6.45) is 16.3. The minimum Gasteiger partial charge on any atom is -0.466 e. The van der Waals surface area contributed by atoms with Gasteiger partial charge in [0, 0.05) is 12.8 Å². The van der Waals surface area contributed by atoms with Crippen molar-refractivity contribution in [2.24, 2.45) is 0 Å². The molecule has 0 atom stereocenters. The smallest absolute Gasteiger partial charge is 0.305 e. The Labute approximate surface area is 142 Å². The van der Waals surface area contributed by atoms with Crippen molar-refractivity contribution in [3.63, 3.8) is 0 Å². The van der Waals surface area contributed by atoms with Gasteiger partial charge in [-0.15, -0.1) is 0 Å². The number of unbranched alkanes of at least 4 members (excludes halogenated alkanes) is 11. The molecule has 4 nitrogen and oxygen atoms in total. The average molecular weight is 327 g/mol. The van der Waals surface area contributed by atoms with Crippen molar-refractivity contribution < 1.29 is 14.3 Å². The summed E-state index contributed by atoms with van der Waals surface area (Å²) in [5.41, 5.74) is 6.74. The van der Waals surface area contributed by atoms with Crippen molar-refractivity contribution in [3.05, 3.63) is 0 Å². The molecule has 0 rings (SSSR count). The quantitative estimate of drug-likeness (QED) is 0.272. The third-order valence-electron chi connectivity index (χ3n) is 4.05. The monoisotopic (exact) mass is 326 g/mol. The van der Waals surface area contributed by atoms with Crippen LogP contribution in [-0.2, 0) is 14.3 Å². The highest BCUT2D eigenvalue weighted by Crippen LogP contribution is 2.12. The van der Waals surface area contributed by atoms with E-state index in [0.29, 0.717) is 13.0 Å². The predicted octanol–water partition coefficient (Wildman–Crippen LogP) is 5.21. The molecule has 0 heterocycles. The molecule has 0 aliphatic carbocycles. The van der Waals surface area contributed by atoms with Gasteiger partial charge in [-0.25, -0.2) is 0 Å². The maximum atomic E-state index is 11.3. The number of nitrogens with one attached hydrogen (secondary N) is 1. The Morgan fingerprint density at radius 3 is 1.65 bits per heavy atom. The molecule has 0 aromatic rings. The molecule has 1 amide bonds. The van der Waals surface area contributed by atoms with Crippen LogP contribution < -0.4 is 5.73 Å². The van der Waals surface area contributed by atoms with Crippen molar-refractivity contribution in [2.75, 3.05) is 6.61 Å². The summed E-state index contributed by atoms with van der Waals surface area (Å²) in [4.78, 5) is 21.8. The number of amides is 1. The van der Waals surface area contributed by atoms with E-state index >= 15 is 0 Å². The fraction of sp³-hybridized carbons (Fsp3) is 0.895. The molecule has 23 heavy (non-hydrogen) atoms. The Hall–Kier alpha value is -1.06. The molecule has 1 radical (unpaired) electrons. The van der Waals surface area contributed by atoms with Crippen LogP contribution in [0.5, 0.6) is 0 Å². The second kappa shape index (κ2) is 17.3. The molecule has 0 aromatic heterocycles. The van der Waals surface area contributed by atoms with Gasteiger partial charge in [0.15, 0.2) is 0 Å². The number of hydrogen-bond acceptors (Lipinski definition) is 3. The lowest BCUT2D eigenvalue weighted by Gasteiger charge is -2.05. The van der Waals surface area contributed by atoms with Crippen molar-refractivity contribution in [1.29, 1.82) is 0 Å². The van der Waals surface area contributed by atoms with E-state index in [4.69, 9.17) is 10.5 Å². The number of hydrogen-bond donors (Lipinski definition) is 0. The molecular weight excluding hydrogens is 290 g/mol. The third-order valence-corrected chi connectivity index (χ3v) is 4.05. The molecule has 0 spiro atoms. The van der Waals surface area contributed by atoms with E-state index in [2.05, 4.69) is 6.92 Å². The molecule has 0 fully saturated rings. The van der Waals surface area contributed by atoms with Gasteiger partial charge in [-0.05, 0) is 12.8 Å². The zero-order valence-electron chi connectivity index (χ0n) is 15.0. The van der Waals surface area contributed by atoms with E-state index < -0.39 is 5.91 Å². The van der Waals surface area contributed by atoms with Gasteiger partial charge in [-0.1, -0.05) is 77.6 Å². The summed E-state index contributed by atoms with van der Waals surface area (Å²) in [5, 5.41) is 0. The van der Waals surface area contributed by atoms with Gasteiger partial charge in [0.1, 0.15) is 0 Å². The molecule has 0 saturated heterocycles. The molecule has 0 aliphatic heterocycles. The van der Waals surface area contributed by atoms with Gasteiger partial charge in [-0.3, -0.25) is 15.3 Å². The third kappa shape index (κ3) is 18.9. The highest BCUT2D eigenvalue weighted by Gasteiger charge is 2.04. The summed E-state index contributed by atoms with van der Waals surface area (Å²) in [5.74, 6) is -0.854. The van der Waals surface area contributed by atoms with Crippen LogP contribution in [-0.4, -0.2) is 18.5 Å². The van der Waals surface area contributed by atoms with E-state index in [1.807, 2.05) is 0 Å². The Morgan fingerprint density at radius 1 is 0.696 bits per heavy atom. The van der Waals surface area contributed by atoms with Crippen LogP contribution in [0.4, 0.5) is 0 Å². The zero-order chi connectivity index (χ0) is 17.2. The number of rotatable bonds is 17. The Bertz CT molecular complexity index is 292. The van der Waals surface area contributed by atoms with E-state index in [1.165, 1.54) is 64.2 Å². The normalized spacial score (nSPS) is 10.7. The summed E-state index contributed by atoms with van der Waals surface area (Å²) in [7, 11) is 0. The van der Waals surface area contributed by atoms with Crippen LogP contribution in [0.3, 0.4) is 0 Å². The second-order valence-electron chi connectivity index (χ2n) is 6.39. The minimum atomic E-state index is -0.612. The molecule has 1 N–H and O–H groups in total. The SMILES string of the molecule is CCCCCCCCCCCCCCOC(=O)CCCC([NH])=O. The summed E-state index contributed by atoms with van der Waals surface area (Å²) < 4.78 is 5.10. The van der Waals surface area contributed by atoms with Crippen LogP contribution in [0.1, 0.15) is 103 Å². The molecular formula is C19H36NO3. The second-order valence-corrected chi connectivity index (χ2v) is 6.39. The van der Waals surface area contributed by atoms with E-state index in [-0.39, 0.29) is 18.8 Å². The standard InChI is InChI=1S/C19H36NO3/c1-2-3-4-5-6-7-8-9-10-11-12-13-17-23-19(22)16-14-15-18(20)21/h20H,2-17H2,1H3. The highest BCUT2D eigenvalue weighted by molar-refractivity contribution is 5.74. The van der Waals surface area contributed by atoms with Gasteiger partial charge in [0.05, 0.1) is 6.61 Å². The zero-order valence-corrected chi connectivity index (χ0v) is 15.0. The fourth-order valence-corrected chi connectivity index (χ4v) is 2.59.